The SMILES string of the molecule is CCC(C)(C)C(=O)OC(CC(C)C)C(C)C. The molecule has 0 radical (unpaired) electrons. The summed E-state index contributed by atoms with van der Waals surface area (Å²) in [5.41, 5.74) is -0.357. The molecule has 0 aromatic carbocycles. The maximum atomic E-state index is 12.0. The first-order chi connectivity index (χ1) is 7.20. The third-order valence-electron chi connectivity index (χ3n) is 3.14. The fourth-order valence-electron chi connectivity index (χ4n) is 1.36. The summed E-state index contributed by atoms with van der Waals surface area (Å²) in [6.07, 6.45) is 1.82. The first-order valence-electron chi connectivity index (χ1n) is 6.41. The number of rotatable bonds is 6. The van der Waals surface area contributed by atoms with E-state index in [4.69, 9.17) is 4.74 Å². The molecule has 16 heavy (non-hydrogen) atoms. The van der Waals surface area contributed by atoms with E-state index in [1.807, 2.05) is 20.8 Å². The summed E-state index contributed by atoms with van der Waals surface area (Å²) in [5, 5.41) is 0. The van der Waals surface area contributed by atoms with Gasteiger partial charge < -0.3 is 4.74 Å². The molecule has 0 saturated heterocycles. The van der Waals surface area contributed by atoms with Crippen LogP contribution in [0.2, 0.25) is 0 Å². The topological polar surface area (TPSA) is 26.3 Å². The van der Waals surface area contributed by atoms with Crippen molar-refractivity contribution >= 4 is 5.97 Å². The van der Waals surface area contributed by atoms with E-state index in [0.717, 1.165) is 12.8 Å². The second-order valence-electron chi connectivity index (χ2n) is 6.05. The average molecular weight is 228 g/mol. The highest BCUT2D eigenvalue weighted by Crippen LogP contribution is 2.25. The minimum atomic E-state index is -0.357. The van der Waals surface area contributed by atoms with Crippen LogP contribution in [0.25, 0.3) is 0 Å². The first kappa shape index (κ1) is 15.5. The summed E-state index contributed by atoms with van der Waals surface area (Å²) in [6, 6.07) is 0. The Kier molecular flexibility index (Phi) is 6.06. The van der Waals surface area contributed by atoms with Gasteiger partial charge in [0.2, 0.25) is 0 Å². The van der Waals surface area contributed by atoms with Gasteiger partial charge >= 0.3 is 5.97 Å². The fourth-order valence-corrected chi connectivity index (χ4v) is 1.36. The van der Waals surface area contributed by atoms with Gasteiger partial charge in [0.1, 0.15) is 6.10 Å². The van der Waals surface area contributed by atoms with Crippen molar-refractivity contribution in [3.05, 3.63) is 0 Å². The Bertz CT molecular complexity index is 217. The summed E-state index contributed by atoms with van der Waals surface area (Å²) in [7, 11) is 0. The molecular weight excluding hydrogens is 200 g/mol. The van der Waals surface area contributed by atoms with E-state index in [9.17, 15) is 4.79 Å². The van der Waals surface area contributed by atoms with Crippen LogP contribution in [0.4, 0.5) is 0 Å². The summed E-state index contributed by atoms with van der Waals surface area (Å²) >= 11 is 0. The molecule has 96 valence electrons. The predicted molar refractivity (Wildman–Crippen MR) is 68.2 cm³/mol. The molecule has 0 aromatic rings. The number of carbonyl (C=O) groups is 1. The molecule has 0 bridgehead atoms. The molecule has 0 aliphatic heterocycles. The van der Waals surface area contributed by atoms with Crippen molar-refractivity contribution in [1.82, 2.24) is 0 Å². The zero-order valence-corrected chi connectivity index (χ0v) is 12.0. The number of ether oxygens (including phenoxy) is 1. The minimum absolute atomic E-state index is 0.0540. The average Bonchev–Trinajstić information content (AvgIpc) is 2.15. The fraction of sp³-hybridized carbons (Fsp3) is 0.929. The summed E-state index contributed by atoms with van der Waals surface area (Å²) in [6.45, 7) is 14.5. The van der Waals surface area contributed by atoms with Gasteiger partial charge in [-0.05, 0) is 38.5 Å². The normalized spacial score (nSPS) is 14.3. The maximum Gasteiger partial charge on any atom is 0.311 e. The maximum absolute atomic E-state index is 12.0. The van der Waals surface area contributed by atoms with Crippen LogP contribution in [-0.4, -0.2) is 12.1 Å². The molecule has 0 N–H and O–H groups in total. The van der Waals surface area contributed by atoms with Crippen LogP contribution in [-0.2, 0) is 9.53 Å². The van der Waals surface area contributed by atoms with E-state index in [0.29, 0.717) is 11.8 Å². The molecule has 0 aromatic heterocycles. The zero-order valence-electron chi connectivity index (χ0n) is 12.0. The second kappa shape index (κ2) is 6.27. The molecule has 2 heteroatoms. The third kappa shape index (κ3) is 5.00. The monoisotopic (exact) mass is 228 g/mol. The largest absolute Gasteiger partial charge is 0.462 e. The van der Waals surface area contributed by atoms with Crippen LogP contribution in [0.15, 0.2) is 0 Å². The molecule has 0 aliphatic rings. The Hall–Kier alpha value is -0.530. The van der Waals surface area contributed by atoms with Crippen molar-refractivity contribution < 1.29 is 9.53 Å². The molecule has 1 unspecified atom stereocenters. The smallest absolute Gasteiger partial charge is 0.311 e. The second-order valence-corrected chi connectivity index (χ2v) is 6.05. The van der Waals surface area contributed by atoms with Crippen molar-refractivity contribution in [3.63, 3.8) is 0 Å². The van der Waals surface area contributed by atoms with E-state index in [1.54, 1.807) is 0 Å². The standard InChI is InChI=1S/C14H28O2/c1-8-14(6,7)13(15)16-12(11(4)5)9-10(2)3/h10-12H,8-9H2,1-7H3. The van der Waals surface area contributed by atoms with Crippen molar-refractivity contribution in [3.8, 4) is 0 Å². The van der Waals surface area contributed by atoms with Crippen LogP contribution in [0.1, 0.15) is 61.3 Å². The Balaban J connectivity index is 4.46. The molecule has 0 spiro atoms. The molecule has 1 atom stereocenters. The Labute approximate surface area is 101 Å². The van der Waals surface area contributed by atoms with Crippen LogP contribution in [0.3, 0.4) is 0 Å². The van der Waals surface area contributed by atoms with Crippen LogP contribution >= 0.6 is 0 Å². The van der Waals surface area contributed by atoms with Crippen molar-refractivity contribution in [2.45, 2.75) is 67.4 Å². The summed E-state index contributed by atoms with van der Waals surface area (Å²) in [5.74, 6) is 0.887. The van der Waals surface area contributed by atoms with Gasteiger partial charge in [0.15, 0.2) is 0 Å². The van der Waals surface area contributed by atoms with Crippen LogP contribution in [0.5, 0.6) is 0 Å². The Morgan fingerprint density at radius 3 is 2.00 bits per heavy atom. The van der Waals surface area contributed by atoms with Crippen molar-refractivity contribution in [2.24, 2.45) is 17.3 Å². The lowest BCUT2D eigenvalue weighted by Crippen LogP contribution is -2.33. The van der Waals surface area contributed by atoms with Crippen LogP contribution < -0.4 is 0 Å². The lowest BCUT2D eigenvalue weighted by Gasteiger charge is -2.28. The summed E-state index contributed by atoms with van der Waals surface area (Å²) < 4.78 is 5.64. The predicted octanol–water partition coefficient (Wildman–Crippen LogP) is 4.04. The van der Waals surface area contributed by atoms with E-state index in [2.05, 4.69) is 27.7 Å². The van der Waals surface area contributed by atoms with Gasteiger partial charge in [0.05, 0.1) is 5.41 Å². The van der Waals surface area contributed by atoms with E-state index >= 15 is 0 Å². The van der Waals surface area contributed by atoms with Gasteiger partial charge in [-0.1, -0.05) is 34.6 Å². The molecular formula is C14H28O2. The highest BCUT2D eigenvalue weighted by Gasteiger charge is 2.30. The Morgan fingerprint density at radius 2 is 1.69 bits per heavy atom. The van der Waals surface area contributed by atoms with E-state index < -0.39 is 0 Å². The summed E-state index contributed by atoms with van der Waals surface area (Å²) in [4.78, 5) is 12.0. The van der Waals surface area contributed by atoms with Gasteiger partial charge in [0.25, 0.3) is 0 Å². The lowest BCUT2D eigenvalue weighted by molar-refractivity contribution is -0.163. The quantitative estimate of drug-likeness (QED) is 0.641. The molecule has 0 aliphatic carbocycles. The van der Waals surface area contributed by atoms with Crippen molar-refractivity contribution in [1.29, 1.82) is 0 Å². The Morgan fingerprint density at radius 1 is 1.19 bits per heavy atom. The molecule has 0 saturated carbocycles. The zero-order chi connectivity index (χ0) is 12.9. The van der Waals surface area contributed by atoms with Gasteiger partial charge in [-0.25, -0.2) is 0 Å². The third-order valence-corrected chi connectivity index (χ3v) is 3.14. The lowest BCUT2D eigenvalue weighted by atomic mass is 9.90. The highest BCUT2D eigenvalue weighted by molar-refractivity contribution is 5.76. The van der Waals surface area contributed by atoms with E-state index in [-0.39, 0.29) is 17.5 Å². The molecule has 0 fully saturated rings. The van der Waals surface area contributed by atoms with Gasteiger partial charge in [0, 0.05) is 0 Å². The highest BCUT2D eigenvalue weighted by atomic mass is 16.5. The number of esters is 1. The number of carbonyl (C=O) groups excluding carboxylic acids is 1. The number of hydrogen-bond acceptors (Lipinski definition) is 2. The minimum Gasteiger partial charge on any atom is -0.462 e. The van der Waals surface area contributed by atoms with Gasteiger partial charge in [-0.3, -0.25) is 4.79 Å². The first-order valence-corrected chi connectivity index (χ1v) is 6.41. The van der Waals surface area contributed by atoms with Crippen LogP contribution in [0, 0.1) is 17.3 Å². The van der Waals surface area contributed by atoms with Crippen molar-refractivity contribution in [2.75, 3.05) is 0 Å². The van der Waals surface area contributed by atoms with Gasteiger partial charge in [-0.2, -0.15) is 0 Å². The molecule has 0 rings (SSSR count). The molecule has 2 nitrogen and oxygen atoms in total. The molecule has 0 heterocycles. The van der Waals surface area contributed by atoms with Gasteiger partial charge in [-0.15, -0.1) is 0 Å². The molecule has 0 amide bonds. The van der Waals surface area contributed by atoms with E-state index in [1.165, 1.54) is 0 Å². The number of hydrogen-bond donors (Lipinski definition) is 0.